The van der Waals surface area contributed by atoms with E-state index in [0.29, 0.717) is 12.6 Å². The van der Waals surface area contributed by atoms with Crippen LogP contribution >= 0.6 is 11.3 Å². The van der Waals surface area contributed by atoms with E-state index in [1.54, 1.807) is 11.3 Å². The first-order chi connectivity index (χ1) is 8.31. The van der Waals surface area contributed by atoms with E-state index in [2.05, 4.69) is 22.2 Å². The quantitative estimate of drug-likeness (QED) is 0.869. The maximum atomic E-state index is 5.39. The van der Waals surface area contributed by atoms with Crippen LogP contribution in [-0.4, -0.2) is 42.7 Å². The van der Waals surface area contributed by atoms with Gasteiger partial charge in [-0.3, -0.25) is 4.90 Å². The van der Waals surface area contributed by atoms with E-state index in [4.69, 9.17) is 4.74 Å². The molecule has 0 atom stereocenters. The van der Waals surface area contributed by atoms with Crippen LogP contribution in [0.4, 0.5) is 0 Å². The lowest BCUT2D eigenvalue weighted by molar-refractivity contribution is 0.196. The minimum Gasteiger partial charge on any atom is -0.470 e. The van der Waals surface area contributed by atoms with Crippen molar-refractivity contribution < 1.29 is 4.74 Å². The minimum atomic E-state index is 0.695. The third kappa shape index (κ3) is 3.66. The third-order valence-electron chi connectivity index (χ3n) is 3.18. The largest absolute Gasteiger partial charge is 0.470 e. The summed E-state index contributed by atoms with van der Waals surface area (Å²) in [6.07, 6.45) is 4.43. The van der Waals surface area contributed by atoms with Crippen molar-refractivity contribution in [1.82, 2.24) is 15.2 Å². The summed E-state index contributed by atoms with van der Waals surface area (Å²) < 4.78 is 5.39. The van der Waals surface area contributed by atoms with Crippen LogP contribution in [0.25, 0.3) is 0 Å². The summed E-state index contributed by atoms with van der Waals surface area (Å²) in [4.78, 5) is 8.06. The van der Waals surface area contributed by atoms with Crippen molar-refractivity contribution in [2.45, 2.75) is 32.4 Å². The molecule has 0 aromatic carbocycles. The fraction of sp³-hybridized carbons (Fsp3) is 0.750. The standard InChI is InChI=1S/C12H21N3OS/c1-3-16-12-14-8-11(17-12)9-15-6-4-10(13-2)5-7-15/h8,10,13H,3-7,9H2,1-2H3. The molecule has 2 heterocycles. The monoisotopic (exact) mass is 255 g/mol. The third-order valence-corrected chi connectivity index (χ3v) is 4.07. The summed E-state index contributed by atoms with van der Waals surface area (Å²) >= 11 is 1.67. The number of nitrogens with zero attached hydrogens (tertiary/aromatic N) is 2. The molecule has 1 aromatic heterocycles. The molecule has 5 heteroatoms. The molecule has 1 aliphatic heterocycles. The summed E-state index contributed by atoms with van der Waals surface area (Å²) in [5.41, 5.74) is 0. The number of ether oxygens (including phenoxy) is 1. The second kappa shape index (κ2) is 6.33. The van der Waals surface area contributed by atoms with Crippen LogP contribution in [0.5, 0.6) is 5.19 Å². The van der Waals surface area contributed by atoms with Gasteiger partial charge in [0.15, 0.2) is 0 Å². The highest BCUT2D eigenvalue weighted by molar-refractivity contribution is 7.13. The van der Waals surface area contributed by atoms with Crippen molar-refractivity contribution in [2.75, 3.05) is 26.7 Å². The van der Waals surface area contributed by atoms with Crippen molar-refractivity contribution in [3.63, 3.8) is 0 Å². The molecule has 0 spiro atoms. The highest BCUT2D eigenvalue weighted by Crippen LogP contribution is 2.23. The van der Waals surface area contributed by atoms with Crippen LogP contribution in [0.15, 0.2) is 6.20 Å². The van der Waals surface area contributed by atoms with E-state index in [9.17, 15) is 0 Å². The lowest BCUT2D eigenvalue weighted by atomic mass is 10.1. The Labute approximate surface area is 107 Å². The first-order valence-electron chi connectivity index (χ1n) is 6.29. The fourth-order valence-corrected chi connectivity index (χ4v) is 3.01. The maximum absolute atomic E-state index is 5.39. The smallest absolute Gasteiger partial charge is 0.273 e. The number of piperidine rings is 1. The molecule has 0 radical (unpaired) electrons. The molecule has 17 heavy (non-hydrogen) atoms. The molecule has 2 rings (SSSR count). The van der Waals surface area contributed by atoms with E-state index in [0.717, 1.165) is 11.7 Å². The Morgan fingerprint density at radius 3 is 2.94 bits per heavy atom. The molecule has 0 aliphatic carbocycles. The minimum absolute atomic E-state index is 0.695. The molecule has 0 unspecified atom stereocenters. The summed E-state index contributed by atoms with van der Waals surface area (Å²) in [6, 6.07) is 0.701. The number of hydrogen-bond donors (Lipinski definition) is 1. The van der Waals surface area contributed by atoms with Gasteiger partial charge in [0.25, 0.3) is 5.19 Å². The molecule has 0 bridgehead atoms. The number of likely N-dealkylation sites (tertiary alicyclic amines) is 1. The van der Waals surface area contributed by atoms with Crippen LogP contribution in [0.2, 0.25) is 0 Å². The highest BCUT2D eigenvalue weighted by Gasteiger charge is 2.18. The predicted molar refractivity (Wildman–Crippen MR) is 70.6 cm³/mol. The Morgan fingerprint density at radius 1 is 1.53 bits per heavy atom. The highest BCUT2D eigenvalue weighted by atomic mass is 32.1. The number of nitrogens with one attached hydrogen (secondary N) is 1. The maximum Gasteiger partial charge on any atom is 0.273 e. The van der Waals surface area contributed by atoms with Gasteiger partial charge in [-0.25, -0.2) is 4.98 Å². The first-order valence-corrected chi connectivity index (χ1v) is 7.10. The van der Waals surface area contributed by atoms with Gasteiger partial charge in [0.1, 0.15) is 0 Å². The Kier molecular flexibility index (Phi) is 4.76. The van der Waals surface area contributed by atoms with Gasteiger partial charge >= 0.3 is 0 Å². The second-order valence-electron chi connectivity index (χ2n) is 4.36. The molecule has 0 saturated carbocycles. The van der Waals surface area contributed by atoms with E-state index in [-0.39, 0.29) is 0 Å². The van der Waals surface area contributed by atoms with E-state index in [1.165, 1.54) is 30.8 Å². The SMILES string of the molecule is CCOc1ncc(CN2CCC(NC)CC2)s1. The van der Waals surface area contributed by atoms with Gasteiger partial charge in [-0.05, 0) is 39.9 Å². The molecule has 96 valence electrons. The van der Waals surface area contributed by atoms with Gasteiger partial charge < -0.3 is 10.1 Å². The van der Waals surface area contributed by atoms with Crippen LogP contribution in [0.3, 0.4) is 0 Å². The molecule has 0 amide bonds. The van der Waals surface area contributed by atoms with Crippen molar-refractivity contribution in [3.05, 3.63) is 11.1 Å². The normalized spacial score (nSPS) is 18.5. The molecule has 1 aromatic rings. The van der Waals surface area contributed by atoms with Gasteiger partial charge in [0, 0.05) is 23.7 Å². The lowest BCUT2D eigenvalue weighted by Gasteiger charge is -2.31. The van der Waals surface area contributed by atoms with Crippen molar-refractivity contribution in [3.8, 4) is 5.19 Å². The van der Waals surface area contributed by atoms with Crippen molar-refractivity contribution in [2.24, 2.45) is 0 Å². The van der Waals surface area contributed by atoms with Crippen molar-refractivity contribution in [1.29, 1.82) is 0 Å². The average Bonchev–Trinajstić information content (AvgIpc) is 2.78. The zero-order valence-electron chi connectivity index (χ0n) is 10.6. The molecule has 1 saturated heterocycles. The van der Waals surface area contributed by atoms with E-state index >= 15 is 0 Å². The Hall–Kier alpha value is -0.650. The summed E-state index contributed by atoms with van der Waals surface area (Å²) in [6.45, 7) is 6.05. The zero-order valence-corrected chi connectivity index (χ0v) is 11.4. The summed E-state index contributed by atoms with van der Waals surface area (Å²) in [5.74, 6) is 0. The Balaban J connectivity index is 1.80. The molecule has 1 N–H and O–H groups in total. The fourth-order valence-electron chi connectivity index (χ4n) is 2.15. The first kappa shape index (κ1) is 12.8. The molecular weight excluding hydrogens is 234 g/mol. The van der Waals surface area contributed by atoms with E-state index in [1.807, 2.05) is 13.1 Å². The van der Waals surface area contributed by atoms with Gasteiger partial charge in [0.05, 0.1) is 6.61 Å². The van der Waals surface area contributed by atoms with Crippen molar-refractivity contribution >= 4 is 11.3 Å². The lowest BCUT2D eigenvalue weighted by Crippen LogP contribution is -2.40. The zero-order chi connectivity index (χ0) is 12.1. The van der Waals surface area contributed by atoms with Gasteiger partial charge in [-0.2, -0.15) is 0 Å². The van der Waals surface area contributed by atoms with Crippen LogP contribution < -0.4 is 10.1 Å². The number of thiazole rings is 1. The Bertz CT molecular complexity index is 334. The average molecular weight is 255 g/mol. The molecule has 4 nitrogen and oxygen atoms in total. The summed E-state index contributed by atoms with van der Waals surface area (Å²) in [7, 11) is 2.05. The van der Waals surface area contributed by atoms with Crippen LogP contribution in [0.1, 0.15) is 24.6 Å². The number of rotatable bonds is 5. The van der Waals surface area contributed by atoms with Gasteiger partial charge in [0.2, 0.25) is 0 Å². The second-order valence-corrected chi connectivity index (χ2v) is 5.44. The molecule has 1 aliphatic rings. The Morgan fingerprint density at radius 2 is 2.29 bits per heavy atom. The molecule has 1 fully saturated rings. The van der Waals surface area contributed by atoms with Gasteiger partial charge in [-0.15, -0.1) is 0 Å². The number of aromatic nitrogens is 1. The van der Waals surface area contributed by atoms with Gasteiger partial charge in [-0.1, -0.05) is 11.3 Å². The molecular formula is C12H21N3OS. The predicted octanol–water partition coefficient (Wildman–Crippen LogP) is 1.73. The van der Waals surface area contributed by atoms with Crippen LogP contribution in [0, 0.1) is 0 Å². The van der Waals surface area contributed by atoms with E-state index < -0.39 is 0 Å². The summed E-state index contributed by atoms with van der Waals surface area (Å²) in [5, 5.41) is 4.15. The topological polar surface area (TPSA) is 37.4 Å². The number of hydrogen-bond acceptors (Lipinski definition) is 5. The van der Waals surface area contributed by atoms with Crippen LogP contribution in [-0.2, 0) is 6.54 Å².